The lowest BCUT2D eigenvalue weighted by Crippen LogP contribution is -2.09. The van der Waals surface area contributed by atoms with E-state index in [0.29, 0.717) is 11.4 Å². The van der Waals surface area contributed by atoms with E-state index in [-0.39, 0.29) is 5.56 Å². The summed E-state index contributed by atoms with van der Waals surface area (Å²) in [4.78, 5) is 0. The van der Waals surface area contributed by atoms with E-state index < -0.39 is 11.9 Å². The van der Waals surface area contributed by atoms with E-state index in [0.717, 1.165) is 17.9 Å². The molecule has 1 unspecified atom stereocenters. The van der Waals surface area contributed by atoms with Crippen LogP contribution in [0.25, 0.3) is 0 Å². The van der Waals surface area contributed by atoms with Crippen molar-refractivity contribution in [1.82, 2.24) is 9.78 Å². The van der Waals surface area contributed by atoms with Gasteiger partial charge in [0.1, 0.15) is 5.82 Å². The van der Waals surface area contributed by atoms with Crippen LogP contribution in [-0.4, -0.2) is 14.9 Å². The van der Waals surface area contributed by atoms with Crippen LogP contribution >= 0.6 is 11.6 Å². The average molecular weight is 283 g/mol. The maximum atomic E-state index is 13.7. The fourth-order valence-electron chi connectivity index (χ4n) is 2.12. The second kappa shape index (κ2) is 5.72. The lowest BCUT2D eigenvalue weighted by atomic mass is 10.0. The molecule has 0 amide bonds. The Labute approximate surface area is 116 Å². The largest absolute Gasteiger partial charge is 0.388 e. The molecule has 2 rings (SSSR count). The fourth-order valence-corrected chi connectivity index (χ4v) is 2.28. The molecular formula is C14H16ClFN2O. The number of hydrogen-bond donors (Lipinski definition) is 1. The molecule has 1 N–H and O–H groups in total. The number of halogens is 2. The third-order valence-electron chi connectivity index (χ3n) is 3.01. The Kier molecular flexibility index (Phi) is 4.22. The molecule has 1 aromatic carbocycles. The highest BCUT2D eigenvalue weighted by molar-refractivity contribution is 6.30. The van der Waals surface area contributed by atoms with Gasteiger partial charge < -0.3 is 5.11 Å². The molecule has 0 aliphatic rings. The number of hydrogen-bond acceptors (Lipinski definition) is 2. The van der Waals surface area contributed by atoms with E-state index in [1.165, 1.54) is 12.1 Å². The molecule has 0 saturated heterocycles. The molecular weight excluding hydrogens is 267 g/mol. The Bertz CT molecular complexity index is 583. The minimum atomic E-state index is -0.904. The minimum Gasteiger partial charge on any atom is -0.388 e. The van der Waals surface area contributed by atoms with Crippen LogP contribution in [0.15, 0.2) is 24.3 Å². The first-order valence-electron chi connectivity index (χ1n) is 6.17. The van der Waals surface area contributed by atoms with E-state index in [9.17, 15) is 9.50 Å². The molecule has 0 aliphatic carbocycles. The number of aromatic nitrogens is 2. The Hall–Kier alpha value is -1.39. The summed E-state index contributed by atoms with van der Waals surface area (Å²) >= 11 is 5.70. The number of benzene rings is 1. The summed E-state index contributed by atoms with van der Waals surface area (Å²) in [7, 11) is 0. The van der Waals surface area contributed by atoms with Gasteiger partial charge in [-0.15, -0.1) is 0 Å². The third-order valence-corrected chi connectivity index (χ3v) is 3.24. The summed E-state index contributed by atoms with van der Waals surface area (Å²) in [5, 5.41) is 14.8. The van der Waals surface area contributed by atoms with Crippen molar-refractivity contribution < 1.29 is 9.50 Å². The zero-order valence-corrected chi connectivity index (χ0v) is 11.7. The predicted molar refractivity (Wildman–Crippen MR) is 72.7 cm³/mol. The van der Waals surface area contributed by atoms with Gasteiger partial charge in [-0.1, -0.05) is 17.7 Å². The first kappa shape index (κ1) is 14.0. The molecule has 5 heteroatoms. The molecule has 0 radical (unpaired) electrons. The molecule has 3 nitrogen and oxygen atoms in total. The SMILES string of the molecule is CCn1nc(C)cc1CC(O)c1ccc(Cl)cc1F. The second-order valence-electron chi connectivity index (χ2n) is 4.48. The molecule has 0 aliphatic heterocycles. The van der Waals surface area contributed by atoms with Crippen molar-refractivity contribution in [3.63, 3.8) is 0 Å². The number of rotatable bonds is 4. The van der Waals surface area contributed by atoms with Gasteiger partial charge in [0.15, 0.2) is 0 Å². The van der Waals surface area contributed by atoms with Crippen LogP contribution in [-0.2, 0) is 13.0 Å². The van der Waals surface area contributed by atoms with Crippen LogP contribution in [0.1, 0.15) is 30.0 Å². The summed E-state index contributed by atoms with van der Waals surface area (Å²) in [6.07, 6.45) is -0.577. The minimum absolute atomic E-state index is 0.255. The summed E-state index contributed by atoms with van der Waals surface area (Å²) in [6.45, 7) is 4.59. The molecule has 0 saturated carbocycles. The van der Waals surface area contributed by atoms with E-state index in [1.807, 2.05) is 24.6 Å². The van der Waals surface area contributed by atoms with Gasteiger partial charge >= 0.3 is 0 Å². The summed E-state index contributed by atoms with van der Waals surface area (Å²) < 4.78 is 15.5. The quantitative estimate of drug-likeness (QED) is 0.934. The van der Waals surface area contributed by atoms with Crippen LogP contribution in [0.5, 0.6) is 0 Å². The highest BCUT2D eigenvalue weighted by Gasteiger charge is 2.16. The lowest BCUT2D eigenvalue weighted by Gasteiger charge is -2.13. The number of nitrogens with zero attached hydrogens (tertiary/aromatic N) is 2. The number of aliphatic hydroxyl groups is 1. The molecule has 1 heterocycles. The van der Waals surface area contributed by atoms with E-state index in [1.54, 1.807) is 6.07 Å². The van der Waals surface area contributed by atoms with E-state index in [2.05, 4.69) is 5.10 Å². The average Bonchev–Trinajstić information content (AvgIpc) is 2.69. The molecule has 0 fully saturated rings. The van der Waals surface area contributed by atoms with Crippen LogP contribution in [0, 0.1) is 12.7 Å². The Morgan fingerprint density at radius 2 is 2.16 bits per heavy atom. The predicted octanol–water partition coefficient (Wildman–Crippen LogP) is 3.28. The van der Waals surface area contributed by atoms with Gasteiger partial charge in [0.2, 0.25) is 0 Å². The van der Waals surface area contributed by atoms with Crippen molar-refractivity contribution in [2.45, 2.75) is 32.9 Å². The number of aliphatic hydroxyl groups excluding tert-OH is 1. The van der Waals surface area contributed by atoms with E-state index in [4.69, 9.17) is 11.6 Å². The van der Waals surface area contributed by atoms with Crippen LogP contribution in [0.4, 0.5) is 4.39 Å². The van der Waals surface area contributed by atoms with Crippen molar-refractivity contribution in [1.29, 1.82) is 0 Å². The molecule has 1 atom stereocenters. The fraction of sp³-hybridized carbons (Fsp3) is 0.357. The standard InChI is InChI=1S/C14H16ClFN2O/c1-3-18-11(6-9(2)17-18)8-14(19)12-5-4-10(15)7-13(12)16/h4-7,14,19H,3,8H2,1-2H3. The van der Waals surface area contributed by atoms with Gasteiger partial charge in [-0.25, -0.2) is 4.39 Å². The molecule has 0 spiro atoms. The smallest absolute Gasteiger partial charge is 0.130 e. The Morgan fingerprint density at radius 1 is 1.42 bits per heavy atom. The third kappa shape index (κ3) is 3.14. The second-order valence-corrected chi connectivity index (χ2v) is 4.92. The molecule has 1 aromatic heterocycles. The summed E-state index contributed by atoms with van der Waals surface area (Å²) in [5.74, 6) is -0.487. The van der Waals surface area contributed by atoms with Crippen LogP contribution < -0.4 is 0 Å². The normalized spacial score (nSPS) is 12.7. The Balaban J connectivity index is 2.22. The highest BCUT2D eigenvalue weighted by atomic mass is 35.5. The summed E-state index contributed by atoms with van der Waals surface area (Å²) in [5.41, 5.74) is 2.04. The Morgan fingerprint density at radius 3 is 2.79 bits per heavy atom. The van der Waals surface area contributed by atoms with Gasteiger partial charge in [-0.2, -0.15) is 5.10 Å². The zero-order chi connectivity index (χ0) is 14.0. The van der Waals surface area contributed by atoms with Crippen LogP contribution in [0.2, 0.25) is 5.02 Å². The first-order chi connectivity index (χ1) is 9.01. The molecule has 2 aromatic rings. The number of aryl methyl sites for hydroxylation is 2. The van der Waals surface area contributed by atoms with Gasteiger partial charge in [-0.05, 0) is 32.0 Å². The van der Waals surface area contributed by atoms with E-state index >= 15 is 0 Å². The van der Waals surface area contributed by atoms with Crippen molar-refractivity contribution in [3.8, 4) is 0 Å². The molecule has 0 bridgehead atoms. The van der Waals surface area contributed by atoms with Crippen molar-refractivity contribution in [3.05, 3.63) is 52.1 Å². The van der Waals surface area contributed by atoms with Crippen LogP contribution in [0.3, 0.4) is 0 Å². The van der Waals surface area contributed by atoms with Crippen molar-refractivity contribution in [2.24, 2.45) is 0 Å². The topological polar surface area (TPSA) is 38.0 Å². The molecule has 102 valence electrons. The molecule has 19 heavy (non-hydrogen) atoms. The van der Waals surface area contributed by atoms with Gasteiger partial charge in [0.05, 0.1) is 11.8 Å². The monoisotopic (exact) mass is 282 g/mol. The maximum absolute atomic E-state index is 13.7. The van der Waals surface area contributed by atoms with Gasteiger partial charge in [-0.3, -0.25) is 4.68 Å². The zero-order valence-electron chi connectivity index (χ0n) is 10.9. The lowest BCUT2D eigenvalue weighted by molar-refractivity contribution is 0.170. The highest BCUT2D eigenvalue weighted by Crippen LogP contribution is 2.24. The first-order valence-corrected chi connectivity index (χ1v) is 6.55. The van der Waals surface area contributed by atoms with Crippen molar-refractivity contribution >= 4 is 11.6 Å². The summed E-state index contributed by atoms with van der Waals surface area (Å²) in [6, 6.07) is 6.20. The van der Waals surface area contributed by atoms with Gasteiger partial charge in [0.25, 0.3) is 0 Å². The maximum Gasteiger partial charge on any atom is 0.130 e. The van der Waals surface area contributed by atoms with Gasteiger partial charge in [0, 0.05) is 29.2 Å². The van der Waals surface area contributed by atoms with Crippen molar-refractivity contribution in [2.75, 3.05) is 0 Å².